The average Bonchev–Trinajstić information content (AvgIpc) is 3.05. The molecule has 29 heavy (non-hydrogen) atoms. The summed E-state index contributed by atoms with van der Waals surface area (Å²) in [7, 11) is 1.73. The molecular formula is C19H17ClF2N4O2S. The van der Waals surface area contributed by atoms with Crippen molar-refractivity contribution in [3.63, 3.8) is 0 Å². The molecule has 1 aromatic heterocycles. The first-order valence-corrected chi connectivity index (χ1v) is 9.90. The van der Waals surface area contributed by atoms with E-state index in [0.717, 1.165) is 23.9 Å². The fourth-order valence-corrected chi connectivity index (χ4v) is 3.41. The Bertz CT molecular complexity index is 1010. The molecule has 3 aromatic rings. The number of nitrogens with zero attached hydrogens (tertiary/aromatic N) is 3. The van der Waals surface area contributed by atoms with Crippen molar-refractivity contribution in [2.75, 3.05) is 11.1 Å². The minimum atomic E-state index is -0.838. The number of halogens is 3. The van der Waals surface area contributed by atoms with Crippen molar-refractivity contribution in [3.05, 3.63) is 64.9 Å². The van der Waals surface area contributed by atoms with Crippen molar-refractivity contribution in [2.24, 2.45) is 7.05 Å². The van der Waals surface area contributed by atoms with Crippen LogP contribution in [0.4, 0.5) is 14.5 Å². The molecule has 2 aromatic carbocycles. The number of ether oxygens (including phenoxy) is 1. The molecule has 0 aliphatic carbocycles. The minimum absolute atomic E-state index is 0.0977. The molecule has 0 bridgehead atoms. The molecule has 0 spiro atoms. The van der Waals surface area contributed by atoms with E-state index in [1.807, 2.05) is 6.07 Å². The van der Waals surface area contributed by atoms with E-state index in [1.54, 1.807) is 36.7 Å². The molecule has 0 radical (unpaired) electrons. The third kappa shape index (κ3) is 5.04. The van der Waals surface area contributed by atoms with Gasteiger partial charge >= 0.3 is 0 Å². The molecule has 10 heteroatoms. The predicted molar refractivity (Wildman–Crippen MR) is 107 cm³/mol. The van der Waals surface area contributed by atoms with Gasteiger partial charge in [0, 0.05) is 7.05 Å². The number of rotatable bonds is 7. The maximum Gasteiger partial charge on any atom is 0.235 e. The number of anilines is 1. The van der Waals surface area contributed by atoms with E-state index in [-0.39, 0.29) is 5.75 Å². The highest BCUT2D eigenvalue weighted by Gasteiger charge is 2.19. The lowest BCUT2D eigenvalue weighted by atomic mass is 10.3. The number of hydrogen-bond donors (Lipinski definition) is 1. The van der Waals surface area contributed by atoms with Crippen molar-refractivity contribution in [1.29, 1.82) is 0 Å². The van der Waals surface area contributed by atoms with Crippen LogP contribution >= 0.6 is 23.4 Å². The highest BCUT2D eigenvalue weighted by molar-refractivity contribution is 7.99. The summed E-state index contributed by atoms with van der Waals surface area (Å²) >= 11 is 7.19. The van der Waals surface area contributed by atoms with Gasteiger partial charge in [-0.1, -0.05) is 41.6 Å². The summed E-state index contributed by atoms with van der Waals surface area (Å²) in [4.78, 5) is 12.1. The van der Waals surface area contributed by atoms with Gasteiger partial charge in [0.1, 0.15) is 23.1 Å². The first-order chi connectivity index (χ1) is 13.9. The molecule has 0 saturated carbocycles. The van der Waals surface area contributed by atoms with Crippen molar-refractivity contribution < 1.29 is 18.3 Å². The zero-order valence-electron chi connectivity index (χ0n) is 15.5. The van der Waals surface area contributed by atoms with Crippen molar-refractivity contribution >= 4 is 35.0 Å². The number of benzene rings is 2. The zero-order chi connectivity index (χ0) is 21.0. The molecule has 0 fully saturated rings. The lowest BCUT2D eigenvalue weighted by molar-refractivity contribution is -0.113. The molecular weight excluding hydrogens is 422 g/mol. The second kappa shape index (κ2) is 9.23. The summed E-state index contributed by atoms with van der Waals surface area (Å²) in [5.74, 6) is -1.29. The quantitative estimate of drug-likeness (QED) is 0.545. The van der Waals surface area contributed by atoms with Crippen LogP contribution in [-0.4, -0.2) is 26.4 Å². The molecule has 0 aliphatic heterocycles. The predicted octanol–water partition coefficient (Wildman–Crippen LogP) is 4.62. The van der Waals surface area contributed by atoms with Crippen LogP contribution in [0.1, 0.15) is 18.9 Å². The summed E-state index contributed by atoms with van der Waals surface area (Å²) in [6.45, 7) is 1.80. The van der Waals surface area contributed by atoms with Crippen molar-refractivity contribution in [3.8, 4) is 5.75 Å². The van der Waals surface area contributed by atoms with Gasteiger partial charge in [-0.05, 0) is 31.2 Å². The van der Waals surface area contributed by atoms with Crippen LogP contribution in [0.25, 0.3) is 0 Å². The number of nitrogens with one attached hydrogen (secondary N) is 1. The van der Waals surface area contributed by atoms with Gasteiger partial charge in [-0.2, -0.15) is 0 Å². The Morgan fingerprint density at radius 1 is 1.21 bits per heavy atom. The Morgan fingerprint density at radius 3 is 2.59 bits per heavy atom. The highest BCUT2D eigenvalue weighted by atomic mass is 35.5. The van der Waals surface area contributed by atoms with Gasteiger partial charge in [0.15, 0.2) is 17.1 Å². The van der Waals surface area contributed by atoms with Gasteiger partial charge in [0.2, 0.25) is 5.91 Å². The molecule has 0 aliphatic rings. The van der Waals surface area contributed by atoms with Gasteiger partial charge in [0.25, 0.3) is 0 Å². The van der Waals surface area contributed by atoms with Gasteiger partial charge < -0.3 is 14.6 Å². The van der Waals surface area contributed by atoms with Crippen LogP contribution in [0.5, 0.6) is 5.75 Å². The van der Waals surface area contributed by atoms with Crippen molar-refractivity contribution in [1.82, 2.24) is 14.8 Å². The second-order valence-electron chi connectivity index (χ2n) is 6.02. The number of hydrogen-bond acceptors (Lipinski definition) is 5. The van der Waals surface area contributed by atoms with Crippen LogP contribution in [-0.2, 0) is 11.8 Å². The summed E-state index contributed by atoms with van der Waals surface area (Å²) in [5.41, 5.74) is -0.474. The third-order valence-electron chi connectivity index (χ3n) is 3.93. The summed E-state index contributed by atoms with van der Waals surface area (Å²) in [6, 6.07) is 10.4. The molecule has 1 amide bonds. The smallest absolute Gasteiger partial charge is 0.235 e. The minimum Gasteiger partial charge on any atom is -0.481 e. The fourth-order valence-electron chi connectivity index (χ4n) is 2.51. The van der Waals surface area contributed by atoms with Crippen molar-refractivity contribution in [2.45, 2.75) is 18.2 Å². The van der Waals surface area contributed by atoms with E-state index in [4.69, 9.17) is 16.3 Å². The molecule has 0 saturated heterocycles. The SMILES string of the molecule is CC(Oc1ccccc1Cl)c1nnc(SCC(=O)Nc2c(F)cccc2F)n1C. The highest BCUT2D eigenvalue weighted by Crippen LogP contribution is 2.29. The maximum absolute atomic E-state index is 13.6. The Balaban J connectivity index is 1.62. The van der Waals surface area contributed by atoms with Gasteiger partial charge in [-0.3, -0.25) is 4.79 Å². The summed E-state index contributed by atoms with van der Waals surface area (Å²) < 4.78 is 34.8. The van der Waals surface area contributed by atoms with Crippen LogP contribution in [0.2, 0.25) is 5.02 Å². The van der Waals surface area contributed by atoms with E-state index < -0.39 is 29.3 Å². The number of aromatic nitrogens is 3. The van der Waals surface area contributed by atoms with Gasteiger partial charge in [-0.15, -0.1) is 10.2 Å². The normalized spacial score (nSPS) is 11.9. The van der Waals surface area contributed by atoms with E-state index >= 15 is 0 Å². The molecule has 1 heterocycles. The standard InChI is InChI=1S/C19H17ClF2N4O2S/c1-11(28-15-9-4-3-6-12(15)20)18-24-25-19(26(18)2)29-10-16(27)23-17-13(21)7-5-8-14(17)22/h3-9,11H,10H2,1-2H3,(H,23,27). The molecule has 6 nitrogen and oxygen atoms in total. The Morgan fingerprint density at radius 2 is 1.90 bits per heavy atom. The van der Waals surface area contributed by atoms with Crippen LogP contribution < -0.4 is 10.1 Å². The van der Waals surface area contributed by atoms with Crippen LogP contribution in [0.3, 0.4) is 0 Å². The second-order valence-corrected chi connectivity index (χ2v) is 7.37. The zero-order valence-corrected chi connectivity index (χ0v) is 17.1. The average molecular weight is 439 g/mol. The molecule has 3 rings (SSSR count). The monoisotopic (exact) mass is 438 g/mol. The largest absolute Gasteiger partial charge is 0.481 e. The lowest BCUT2D eigenvalue weighted by Gasteiger charge is -2.15. The van der Waals surface area contributed by atoms with E-state index in [2.05, 4.69) is 15.5 Å². The lowest BCUT2D eigenvalue weighted by Crippen LogP contribution is -2.16. The Labute approximate surface area is 175 Å². The Hall–Kier alpha value is -2.65. The molecule has 1 N–H and O–H groups in total. The summed E-state index contributed by atoms with van der Waals surface area (Å²) in [6.07, 6.45) is -0.442. The topological polar surface area (TPSA) is 69.0 Å². The van der Waals surface area contributed by atoms with Crippen LogP contribution in [0, 0.1) is 11.6 Å². The molecule has 1 atom stereocenters. The first-order valence-electron chi connectivity index (χ1n) is 8.54. The van der Waals surface area contributed by atoms with Gasteiger partial charge in [0.05, 0.1) is 10.8 Å². The Kier molecular flexibility index (Phi) is 6.71. The fraction of sp³-hybridized carbons (Fsp3) is 0.211. The number of para-hydroxylation sites is 2. The number of carbonyl (C=O) groups is 1. The number of thioether (sulfide) groups is 1. The molecule has 1 unspecified atom stereocenters. The maximum atomic E-state index is 13.6. The van der Waals surface area contributed by atoms with Gasteiger partial charge in [-0.25, -0.2) is 8.78 Å². The van der Waals surface area contributed by atoms with Crippen LogP contribution in [0.15, 0.2) is 47.6 Å². The van der Waals surface area contributed by atoms with E-state index in [1.165, 1.54) is 6.07 Å². The number of amides is 1. The third-order valence-corrected chi connectivity index (χ3v) is 5.26. The molecule has 152 valence electrons. The van der Waals surface area contributed by atoms with E-state index in [9.17, 15) is 13.6 Å². The number of carbonyl (C=O) groups excluding carboxylic acids is 1. The van der Waals surface area contributed by atoms with E-state index in [0.29, 0.717) is 21.8 Å². The summed E-state index contributed by atoms with van der Waals surface area (Å²) in [5, 5.41) is 11.3. The first kappa shape index (κ1) is 21.1.